The van der Waals surface area contributed by atoms with Crippen LogP contribution in [0.25, 0.3) is 0 Å². The molecule has 0 fully saturated rings. The number of nitrogens with one attached hydrogen (secondary N) is 1. The average Bonchev–Trinajstić information content (AvgIpc) is 2.80. The molecule has 0 aliphatic carbocycles. The van der Waals surface area contributed by atoms with Crippen molar-refractivity contribution in [3.8, 4) is 0 Å². The first-order valence-corrected chi connectivity index (χ1v) is 5.10. The van der Waals surface area contributed by atoms with E-state index in [0.29, 0.717) is 18.0 Å². The van der Waals surface area contributed by atoms with Gasteiger partial charge in [-0.1, -0.05) is 11.6 Å². The second kappa shape index (κ2) is 4.84. The summed E-state index contributed by atoms with van der Waals surface area (Å²) in [7, 11) is 0. The second-order valence-corrected chi connectivity index (χ2v) is 3.65. The van der Waals surface area contributed by atoms with E-state index in [1.54, 1.807) is 12.3 Å². The Morgan fingerprint density at radius 1 is 1.53 bits per heavy atom. The number of nitrogens with zero attached hydrogens (tertiary/aromatic N) is 2. The van der Waals surface area contributed by atoms with Gasteiger partial charge in [-0.2, -0.15) is 0 Å². The van der Waals surface area contributed by atoms with Crippen LogP contribution in [-0.2, 0) is 6.54 Å². The number of aromatic nitrogens is 1. The van der Waals surface area contributed by atoms with E-state index in [1.807, 2.05) is 0 Å². The van der Waals surface area contributed by atoms with E-state index < -0.39 is 4.92 Å². The molecule has 1 aromatic carbocycles. The van der Waals surface area contributed by atoms with Crippen LogP contribution in [0.3, 0.4) is 0 Å². The lowest BCUT2D eigenvalue weighted by Crippen LogP contribution is -1.99. The van der Waals surface area contributed by atoms with Gasteiger partial charge in [0.15, 0.2) is 6.39 Å². The van der Waals surface area contributed by atoms with Crippen LogP contribution in [0.15, 0.2) is 35.2 Å². The number of rotatable bonds is 4. The minimum Gasteiger partial charge on any atom is -0.447 e. The molecule has 0 unspecified atom stereocenters. The third-order valence-electron chi connectivity index (χ3n) is 2.09. The van der Waals surface area contributed by atoms with Gasteiger partial charge in [0.25, 0.3) is 5.69 Å². The van der Waals surface area contributed by atoms with Gasteiger partial charge >= 0.3 is 0 Å². The third-order valence-corrected chi connectivity index (χ3v) is 2.41. The second-order valence-electron chi connectivity index (χ2n) is 3.24. The molecule has 0 amide bonds. The van der Waals surface area contributed by atoms with Crippen molar-refractivity contribution in [1.29, 1.82) is 0 Å². The summed E-state index contributed by atoms with van der Waals surface area (Å²) in [4.78, 5) is 13.9. The normalized spacial score (nSPS) is 10.2. The van der Waals surface area contributed by atoms with Gasteiger partial charge < -0.3 is 9.73 Å². The molecule has 0 aliphatic rings. The van der Waals surface area contributed by atoms with Crippen LogP contribution in [0.5, 0.6) is 0 Å². The molecule has 2 rings (SSSR count). The SMILES string of the molecule is O=[N+]([O-])c1cc(NCc2cnco2)ccc1Cl. The molecular formula is C10H8ClN3O3. The van der Waals surface area contributed by atoms with Crippen molar-refractivity contribution in [1.82, 2.24) is 4.98 Å². The van der Waals surface area contributed by atoms with Crippen LogP contribution in [0.4, 0.5) is 11.4 Å². The first kappa shape index (κ1) is 11.4. The van der Waals surface area contributed by atoms with E-state index in [1.165, 1.54) is 18.5 Å². The number of benzene rings is 1. The number of anilines is 1. The Balaban J connectivity index is 2.11. The third kappa shape index (κ3) is 2.73. The van der Waals surface area contributed by atoms with Crippen LogP contribution in [0.2, 0.25) is 5.02 Å². The smallest absolute Gasteiger partial charge is 0.289 e. The first-order valence-electron chi connectivity index (χ1n) is 4.72. The van der Waals surface area contributed by atoms with Crippen LogP contribution in [0.1, 0.15) is 5.76 Å². The number of nitro benzene ring substituents is 1. The summed E-state index contributed by atoms with van der Waals surface area (Å²) in [5, 5.41) is 13.8. The molecule has 0 saturated heterocycles. The molecule has 1 heterocycles. The van der Waals surface area contributed by atoms with Crippen LogP contribution >= 0.6 is 11.6 Å². The number of halogens is 1. The standard InChI is InChI=1S/C10H8ClN3O3/c11-9-2-1-7(3-10(9)14(15)16)13-5-8-4-12-6-17-8/h1-4,6,13H,5H2. The Morgan fingerprint density at radius 2 is 2.35 bits per heavy atom. The number of nitro groups is 1. The van der Waals surface area contributed by atoms with Crippen molar-refractivity contribution in [2.24, 2.45) is 0 Å². The Kier molecular flexibility index (Phi) is 3.24. The molecule has 0 spiro atoms. The lowest BCUT2D eigenvalue weighted by atomic mass is 10.2. The Bertz CT molecular complexity index is 528. The minimum absolute atomic E-state index is 0.111. The van der Waals surface area contributed by atoms with E-state index >= 15 is 0 Å². The van der Waals surface area contributed by atoms with Crippen molar-refractivity contribution in [2.45, 2.75) is 6.54 Å². The predicted molar refractivity (Wildman–Crippen MR) is 61.9 cm³/mol. The van der Waals surface area contributed by atoms with Gasteiger partial charge in [0.2, 0.25) is 0 Å². The quantitative estimate of drug-likeness (QED) is 0.669. The maximum Gasteiger partial charge on any atom is 0.289 e. The molecule has 0 aliphatic heterocycles. The first-order chi connectivity index (χ1) is 8.16. The lowest BCUT2D eigenvalue weighted by Gasteiger charge is -2.04. The van der Waals surface area contributed by atoms with Gasteiger partial charge in [-0.15, -0.1) is 0 Å². The van der Waals surface area contributed by atoms with Crippen LogP contribution < -0.4 is 5.32 Å². The van der Waals surface area contributed by atoms with Crippen molar-refractivity contribution < 1.29 is 9.34 Å². The van der Waals surface area contributed by atoms with Gasteiger partial charge in [0.1, 0.15) is 10.8 Å². The average molecular weight is 254 g/mol. The molecule has 0 saturated carbocycles. The largest absolute Gasteiger partial charge is 0.447 e. The monoisotopic (exact) mass is 253 g/mol. The zero-order valence-corrected chi connectivity index (χ0v) is 9.35. The van der Waals surface area contributed by atoms with E-state index in [2.05, 4.69) is 10.3 Å². The highest BCUT2D eigenvalue weighted by Gasteiger charge is 2.12. The highest BCUT2D eigenvalue weighted by Crippen LogP contribution is 2.27. The molecule has 6 nitrogen and oxygen atoms in total. The van der Waals surface area contributed by atoms with Gasteiger partial charge in [-0.25, -0.2) is 4.98 Å². The van der Waals surface area contributed by atoms with Gasteiger partial charge in [-0.05, 0) is 12.1 Å². The van der Waals surface area contributed by atoms with Crippen molar-refractivity contribution in [3.05, 3.63) is 51.7 Å². The highest BCUT2D eigenvalue weighted by atomic mass is 35.5. The van der Waals surface area contributed by atoms with Crippen LogP contribution in [0, 0.1) is 10.1 Å². The molecule has 1 aromatic heterocycles. The zero-order chi connectivity index (χ0) is 12.3. The van der Waals surface area contributed by atoms with Crippen molar-refractivity contribution >= 4 is 23.0 Å². The minimum atomic E-state index is -0.526. The molecule has 1 N–H and O–H groups in total. The van der Waals surface area contributed by atoms with Gasteiger partial charge in [0.05, 0.1) is 17.7 Å². The Labute approximate surface area is 101 Å². The van der Waals surface area contributed by atoms with E-state index in [4.69, 9.17) is 16.0 Å². The summed E-state index contributed by atoms with van der Waals surface area (Å²) in [5.41, 5.74) is 0.465. The fraction of sp³-hybridized carbons (Fsp3) is 0.100. The summed E-state index contributed by atoms with van der Waals surface area (Å²) in [6.45, 7) is 0.402. The maximum absolute atomic E-state index is 10.7. The van der Waals surface area contributed by atoms with Gasteiger partial charge in [-0.3, -0.25) is 10.1 Å². The molecule has 7 heteroatoms. The summed E-state index contributed by atoms with van der Waals surface area (Å²) in [6.07, 6.45) is 2.89. The van der Waals surface area contributed by atoms with E-state index in [-0.39, 0.29) is 10.7 Å². The van der Waals surface area contributed by atoms with Crippen molar-refractivity contribution in [3.63, 3.8) is 0 Å². The predicted octanol–water partition coefficient (Wildman–Crippen LogP) is 2.85. The zero-order valence-electron chi connectivity index (χ0n) is 8.59. The molecule has 88 valence electrons. The summed E-state index contributed by atoms with van der Waals surface area (Å²) < 4.78 is 5.02. The number of hydrogen-bond acceptors (Lipinski definition) is 5. The van der Waals surface area contributed by atoms with Crippen molar-refractivity contribution in [2.75, 3.05) is 5.32 Å². The molecule has 2 aromatic rings. The Hall–Kier alpha value is -2.08. The summed E-state index contributed by atoms with van der Waals surface area (Å²) >= 11 is 5.69. The van der Waals surface area contributed by atoms with E-state index in [0.717, 1.165) is 0 Å². The molecule has 0 radical (unpaired) electrons. The fourth-order valence-corrected chi connectivity index (χ4v) is 1.47. The van der Waals surface area contributed by atoms with Crippen LogP contribution in [-0.4, -0.2) is 9.91 Å². The summed E-state index contributed by atoms with van der Waals surface area (Å²) in [6, 6.07) is 4.51. The summed E-state index contributed by atoms with van der Waals surface area (Å²) in [5.74, 6) is 0.641. The lowest BCUT2D eigenvalue weighted by molar-refractivity contribution is -0.384. The topological polar surface area (TPSA) is 81.2 Å². The maximum atomic E-state index is 10.7. The Morgan fingerprint density at radius 3 is 3.00 bits per heavy atom. The fourth-order valence-electron chi connectivity index (χ4n) is 1.28. The molecule has 17 heavy (non-hydrogen) atoms. The molecular weight excluding hydrogens is 246 g/mol. The number of oxazole rings is 1. The van der Waals surface area contributed by atoms with Gasteiger partial charge in [0, 0.05) is 11.8 Å². The highest BCUT2D eigenvalue weighted by molar-refractivity contribution is 6.32. The molecule has 0 bridgehead atoms. The molecule has 0 atom stereocenters. The van der Waals surface area contributed by atoms with E-state index in [9.17, 15) is 10.1 Å². The number of hydrogen-bond donors (Lipinski definition) is 1.